The monoisotopic (exact) mass is 642 g/mol. The number of aliphatic carboxylic acids is 1. The third-order valence-electron chi connectivity index (χ3n) is 13.7. The van der Waals surface area contributed by atoms with Crippen LogP contribution < -0.4 is 0 Å². The van der Waals surface area contributed by atoms with E-state index in [0.717, 1.165) is 83.2 Å². The first-order valence-corrected chi connectivity index (χ1v) is 19.1. The van der Waals surface area contributed by atoms with E-state index in [1.165, 1.54) is 25.7 Å². The third kappa shape index (κ3) is 5.75. The van der Waals surface area contributed by atoms with Crippen molar-refractivity contribution in [2.45, 2.75) is 117 Å². The number of carbonyl (C=O) groups is 2. The van der Waals surface area contributed by atoms with Crippen LogP contribution in [0.2, 0.25) is 0 Å². The lowest BCUT2D eigenvalue weighted by Gasteiger charge is -2.60. The van der Waals surface area contributed by atoms with Gasteiger partial charge in [-0.3, -0.25) is 9.69 Å². The zero-order valence-electron chi connectivity index (χ0n) is 30.3. The van der Waals surface area contributed by atoms with Crippen LogP contribution in [0.1, 0.15) is 105 Å². The van der Waals surface area contributed by atoms with Gasteiger partial charge in [0, 0.05) is 25.1 Å². The Morgan fingerprint density at radius 1 is 1.11 bits per heavy atom. The van der Waals surface area contributed by atoms with Crippen LogP contribution in [0.25, 0.3) is 0 Å². The van der Waals surface area contributed by atoms with Gasteiger partial charge >= 0.3 is 5.97 Å². The van der Waals surface area contributed by atoms with Gasteiger partial charge in [0.25, 0.3) is 0 Å². The summed E-state index contributed by atoms with van der Waals surface area (Å²) >= 11 is 0. The number of nitrogens with zero attached hydrogens (tertiary/aromatic N) is 2. The SMILES string of the molecule is CCCCCCC1CC(C23C[C@@H]4[C@H](C)CC[C@H]4C4(C=O)CC2C=C(C(C)C)C34C(=O)O)OC1CN(CCCN(C)C)CCOCC. The largest absolute Gasteiger partial charge is 0.481 e. The van der Waals surface area contributed by atoms with Gasteiger partial charge in [0.05, 0.1) is 24.2 Å². The Bertz CT molecular complexity index is 1090. The summed E-state index contributed by atoms with van der Waals surface area (Å²) < 4.78 is 13.2. The lowest BCUT2D eigenvalue weighted by molar-refractivity contribution is -0.197. The molecule has 7 nitrogen and oxygen atoms in total. The van der Waals surface area contributed by atoms with Crippen molar-refractivity contribution in [2.24, 2.45) is 51.8 Å². The van der Waals surface area contributed by atoms with Crippen molar-refractivity contribution < 1.29 is 24.2 Å². The second kappa shape index (κ2) is 14.7. The maximum absolute atomic E-state index is 14.1. The van der Waals surface area contributed by atoms with Crippen LogP contribution in [-0.4, -0.2) is 92.9 Å². The summed E-state index contributed by atoms with van der Waals surface area (Å²) in [6.07, 6.45) is 15.1. The number of carboxylic acids is 1. The van der Waals surface area contributed by atoms with E-state index in [2.05, 4.69) is 64.6 Å². The van der Waals surface area contributed by atoms with E-state index in [0.29, 0.717) is 30.8 Å². The second-order valence-corrected chi connectivity index (χ2v) is 16.5. The molecule has 7 unspecified atom stereocenters. The van der Waals surface area contributed by atoms with Crippen LogP contribution in [0, 0.1) is 51.8 Å². The Morgan fingerprint density at radius 2 is 1.89 bits per heavy atom. The van der Waals surface area contributed by atoms with Crippen molar-refractivity contribution >= 4 is 12.3 Å². The number of hydrogen-bond donors (Lipinski definition) is 1. The molecule has 5 aliphatic rings. The highest BCUT2D eigenvalue weighted by atomic mass is 16.5. The predicted molar refractivity (Wildman–Crippen MR) is 184 cm³/mol. The molecule has 0 aromatic rings. The number of rotatable bonds is 19. The number of carbonyl (C=O) groups excluding carboxylic acids is 1. The maximum Gasteiger partial charge on any atom is 0.315 e. The average Bonchev–Trinajstić information content (AvgIpc) is 3.72. The van der Waals surface area contributed by atoms with Crippen LogP contribution in [0.5, 0.6) is 0 Å². The molecule has 1 aliphatic heterocycles. The zero-order chi connectivity index (χ0) is 33.3. The van der Waals surface area contributed by atoms with E-state index in [9.17, 15) is 14.7 Å². The fourth-order valence-electron chi connectivity index (χ4n) is 11.8. The average molecular weight is 643 g/mol. The summed E-state index contributed by atoms with van der Waals surface area (Å²) in [5, 5.41) is 11.6. The molecule has 0 aromatic heterocycles. The number of unbranched alkanes of at least 4 members (excludes halogenated alkanes) is 3. The molecule has 0 spiro atoms. The third-order valence-corrected chi connectivity index (χ3v) is 13.7. The number of hydrogen-bond acceptors (Lipinski definition) is 6. The summed E-state index contributed by atoms with van der Waals surface area (Å²) in [6.45, 7) is 16.2. The fourth-order valence-corrected chi connectivity index (χ4v) is 11.8. The van der Waals surface area contributed by atoms with E-state index in [4.69, 9.17) is 9.47 Å². The summed E-state index contributed by atoms with van der Waals surface area (Å²) in [7, 11) is 4.27. The van der Waals surface area contributed by atoms with Crippen molar-refractivity contribution in [1.29, 1.82) is 0 Å². The highest BCUT2D eigenvalue weighted by molar-refractivity contribution is 5.90. The molecule has 3 saturated carbocycles. The highest BCUT2D eigenvalue weighted by Crippen LogP contribution is 2.84. The Labute approximate surface area is 280 Å². The molecule has 7 heteroatoms. The summed E-state index contributed by atoms with van der Waals surface area (Å²) in [4.78, 5) is 32.5. The smallest absolute Gasteiger partial charge is 0.315 e. The van der Waals surface area contributed by atoms with Crippen LogP contribution in [0.4, 0.5) is 0 Å². The second-order valence-electron chi connectivity index (χ2n) is 16.5. The summed E-state index contributed by atoms with van der Waals surface area (Å²) in [5.41, 5.74) is -1.54. The molecule has 46 heavy (non-hydrogen) atoms. The number of ether oxygens (including phenoxy) is 2. The first kappa shape index (κ1) is 36.0. The Kier molecular flexibility index (Phi) is 11.5. The molecule has 4 fully saturated rings. The molecule has 4 bridgehead atoms. The van der Waals surface area contributed by atoms with Crippen molar-refractivity contribution in [2.75, 3.05) is 53.5 Å². The molecule has 10 atom stereocenters. The van der Waals surface area contributed by atoms with Crippen molar-refractivity contribution in [3.63, 3.8) is 0 Å². The molecule has 5 rings (SSSR count). The van der Waals surface area contributed by atoms with Gasteiger partial charge < -0.3 is 24.3 Å². The Hall–Kier alpha value is -1.28. The van der Waals surface area contributed by atoms with E-state index < -0.39 is 22.2 Å². The predicted octanol–water partition coefficient (Wildman–Crippen LogP) is 6.95. The Morgan fingerprint density at radius 3 is 2.54 bits per heavy atom. The molecule has 1 heterocycles. The van der Waals surface area contributed by atoms with Crippen molar-refractivity contribution in [3.8, 4) is 0 Å². The molecule has 4 aliphatic carbocycles. The van der Waals surface area contributed by atoms with Crippen LogP contribution in [-0.2, 0) is 19.1 Å². The standard InChI is InChI=1S/C39H66N2O5/c1-8-10-11-12-14-29-21-35(46-34(29)25-41(19-20-45-9-2)18-13-17-40(6)7)38-24-31-28(5)15-16-32(31)37(26-42)23-30(38)22-33(27(3)4)39(37,38)36(43)44/h22,26-32,34-35H,8-21,23-25H2,1-7H3,(H,43,44)/t28-,29?,30?,31-,32-,34?,35?,37?,38?,39?/m1/s1. The molecule has 262 valence electrons. The van der Waals surface area contributed by atoms with Crippen LogP contribution in [0.3, 0.4) is 0 Å². The number of aldehydes is 1. The first-order chi connectivity index (χ1) is 22.0. The lowest BCUT2D eigenvalue weighted by atomic mass is 9.41. The molecular formula is C39H66N2O5. The molecule has 1 saturated heterocycles. The molecule has 0 amide bonds. The van der Waals surface area contributed by atoms with Gasteiger partial charge in [0.2, 0.25) is 0 Å². The van der Waals surface area contributed by atoms with E-state index in [1.54, 1.807) is 0 Å². The summed E-state index contributed by atoms with van der Waals surface area (Å²) in [6, 6.07) is 0. The lowest BCUT2D eigenvalue weighted by Crippen LogP contribution is -2.65. The Balaban J connectivity index is 1.51. The number of allylic oxidation sites excluding steroid dienone is 1. The van der Waals surface area contributed by atoms with E-state index in [-0.39, 0.29) is 30.0 Å². The minimum absolute atomic E-state index is 0.0692. The zero-order valence-corrected chi connectivity index (χ0v) is 30.3. The van der Waals surface area contributed by atoms with Gasteiger partial charge in [0.1, 0.15) is 11.7 Å². The van der Waals surface area contributed by atoms with E-state index >= 15 is 0 Å². The number of carboxylic acid groups (broad SMARTS) is 1. The quantitative estimate of drug-likeness (QED) is 0.0929. The highest BCUT2D eigenvalue weighted by Gasteiger charge is 2.86. The summed E-state index contributed by atoms with van der Waals surface area (Å²) in [5.74, 6) is 0.878. The van der Waals surface area contributed by atoms with Gasteiger partial charge in [-0.1, -0.05) is 71.4 Å². The normalized spacial score (nSPS) is 39.5. The van der Waals surface area contributed by atoms with Gasteiger partial charge in [-0.15, -0.1) is 0 Å². The van der Waals surface area contributed by atoms with E-state index in [1.807, 2.05) is 0 Å². The topological polar surface area (TPSA) is 79.3 Å². The molecular weight excluding hydrogens is 576 g/mol. The maximum atomic E-state index is 14.1. The van der Waals surface area contributed by atoms with Crippen LogP contribution >= 0.6 is 0 Å². The van der Waals surface area contributed by atoms with Gasteiger partial charge in [-0.25, -0.2) is 0 Å². The molecule has 0 aromatic carbocycles. The van der Waals surface area contributed by atoms with Crippen molar-refractivity contribution in [1.82, 2.24) is 9.80 Å². The van der Waals surface area contributed by atoms with Gasteiger partial charge in [-0.05, 0) is 108 Å². The van der Waals surface area contributed by atoms with Crippen molar-refractivity contribution in [3.05, 3.63) is 11.6 Å². The molecule has 0 radical (unpaired) electrons. The first-order valence-electron chi connectivity index (χ1n) is 19.1. The number of fused-ring (bicyclic) bond motifs is 2. The van der Waals surface area contributed by atoms with Gasteiger partial charge in [-0.2, -0.15) is 0 Å². The minimum atomic E-state index is -1.17. The molecule has 1 N–H and O–H groups in total. The minimum Gasteiger partial charge on any atom is -0.481 e. The van der Waals surface area contributed by atoms with Gasteiger partial charge in [0.15, 0.2) is 0 Å². The fraction of sp³-hybridized carbons (Fsp3) is 0.897. The van der Waals surface area contributed by atoms with Crippen LogP contribution in [0.15, 0.2) is 11.6 Å².